The molecule has 0 fully saturated rings. The smallest absolute Gasteiger partial charge is 0.251 e. The van der Waals surface area contributed by atoms with Gasteiger partial charge in [-0.3, -0.25) is 4.79 Å². The largest absolute Gasteiger partial charge is 0.394 e. The maximum atomic E-state index is 11.9. The molecule has 17 heavy (non-hydrogen) atoms. The quantitative estimate of drug-likeness (QED) is 0.829. The number of rotatable bonds is 4. The lowest BCUT2D eigenvalue weighted by atomic mass is 10.1. The van der Waals surface area contributed by atoms with Crippen molar-refractivity contribution in [2.24, 2.45) is 5.92 Å². The summed E-state index contributed by atoms with van der Waals surface area (Å²) in [4.78, 5) is 15.6. The SMILES string of the molecule is CC(C)C(CO)NC(=O)c1cc(Cl)nc(Cl)c1. The number of nitrogens with zero attached hydrogens (tertiary/aromatic N) is 1. The van der Waals surface area contributed by atoms with Gasteiger partial charge in [0.1, 0.15) is 10.3 Å². The molecule has 4 nitrogen and oxygen atoms in total. The lowest BCUT2D eigenvalue weighted by molar-refractivity contribution is 0.0896. The molecule has 0 aliphatic heterocycles. The summed E-state index contributed by atoms with van der Waals surface area (Å²) in [6.07, 6.45) is 0. The van der Waals surface area contributed by atoms with Gasteiger partial charge in [-0.15, -0.1) is 0 Å². The highest BCUT2D eigenvalue weighted by Crippen LogP contribution is 2.15. The fourth-order valence-electron chi connectivity index (χ4n) is 1.27. The van der Waals surface area contributed by atoms with E-state index in [4.69, 9.17) is 28.3 Å². The second-order valence-electron chi connectivity index (χ2n) is 4.01. The number of halogens is 2. The molecule has 0 radical (unpaired) electrons. The number of amides is 1. The highest BCUT2D eigenvalue weighted by atomic mass is 35.5. The van der Waals surface area contributed by atoms with Crippen LogP contribution in [0.15, 0.2) is 12.1 Å². The highest BCUT2D eigenvalue weighted by Gasteiger charge is 2.17. The van der Waals surface area contributed by atoms with Crippen molar-refractivity contribution in [3.63, 3.8) is 0 Å². The molecule has 0 saturated heterocycles. The van der Waals surface area contributed by atoms with Crippen molar-refractivity contribution in [2.75, 3.05) is 6.61 Å². The lowest BCUT2D eigenvalue weighted by Gasteiger charge is -2.19. The summed E-state index contributed by atoms with van der Waals surface area (Å²) in [6.45, 7) is 3.71. The van der Waals surface area contributed by atoms with Crippen LogP contribution >= 0.6 is 23.2 Å². The van der Waals surface area contributed by atoms with Crippen LogP contribution in [0.2, 0.25) is 10.3 Å². The molecule has 1 amide bonds. The first-order valence-electron chi connectivity index (χ1n) is 5.19. The zero-order chi connectivity index (χ0) is 13.0. The molecule has 0 saturated carbocycles. The van der Waals surface area contributed by atoms with Gasteiger partial charge < -0.3 is 10.4 Å². The molecule has 0 aliphatic rings. The van der Waals surface area contributed by atoms with Crippen LogP contribution in [0, 0.1) is 5.92 Å². The Balaban J connectivity index is 2.82. The van der Waals surface area contributed by atoms with Gasteiger partial charge >= 0.3 is 0 Å². The predicted molar refractivity (Wildman–Crippen MR) is 67.4 cm³/mol. The highest BCUT2D eigenvalue weighted by molar-refractivity contribution is 6.33. The number of pyridine rings is 1. The van der Waals surface area contributed by atoms with Crippen LogP contribution in [-0.2, 0) is 0 Å². The molecule has 0 aliphatic carbocycles. The second kappa shape index (κ2) is 6.19. The molecule has 94 valence electrons. The molecular weight excluding hydrogens is 263 g/mol. The van der Waals surface area contributed by atoms with E-state index in [1.807, 2.05) is 13.8 Å². The number of carbonyl (C=O) groups is 1. The second-order valence-corrected chi connectivity index (χ2v) is 4.78. The van der Waals surface area contributed by atoms with Crippen LogP contribution in [0.3, 0.4) is 0 Å². The average molecular weight is 277 g/mol. The normalized spacial score (nSPS) is 12.6. The van der Waals surface area contributed by atoms with Gasteiger partial charge in [0.25, 0.3) is 5.91 Å². The maximum Gasteiger partial charge on any atom is 0.251 e. The molecule has 1 atom stereocenters. The Labute approximate surface area is 110 Å². The predicted octanol–water partition coefficient (Wildman–Crippen LogP) is 2.14. The molecule has 0 spiro atoms. The summed E-state index contributed by atoms with van der Waals surface area (Å²) < 4.78 is 0. The van der Waals surface area contributed by atoms with Crippen LogP contribution in [0.5, 0.6) is 0 Å². The minimum Gasteiger partial charge on any atom is -0.394 e. The van der Waals surface area contributed by atoms with E-state index in [0.29, 0.717) is 5.56 Å². The average Bonchev–Trinajstić information content (AvgIpc) is 2.23. The summed E-state index contributed by atoms with van der Waals surface area (Å²) in [5.41, 5.74) is 0.328. The first kappa shape index (κ1) is 14.2. The van der Waals surface area contributed by atoms with Crippen LogP contribution in [0.25, 0.3) is 0 Å². The van der Waals surface area contributed by atoms with Gasteiger partial charge in [0.15, 0.2) is 0 Å². The fraction of sp³-hybridized carbons (Fsp3) is 0.455. The van der Waals surface area contributed by atoms with Crippen molar-refractivity contribution in [1.82, 2.24) is 10.3 Å². The topological polar surface area (TPSA) is 62.2 Å². The van der Waals surface area contributed by atoms with Gasteiger partial charge in [-0.25, -0.2) is 4.98 Å². The molecule has 0 aromatic carbocycles. The van der Waals surface area contributed by atoms with Crippen LogP contribution in [0.4, 0.5) is 0 Å². The van der Waals surface area contributed by atoms with Crippen molar-refractivity contribution in [2.45, 2.75) is 19.9 Å². The monoisotopic (exact) mass is 276 g/mol. The Kier molecular flexibility index (Phi) is 5.18. The van der Waals surface area contributed by atoms with E-state index in [-0.39, 0.29) is 34.8 Å². The van der Waals surface area contributed by atoms with Gasteiger partial charge in [0.2, 0.25) is 0 Å². The Hall–Kier alpha value is -0.840. The van der Waals surface area contributed by atoms with E-state index >= 15 is 0 Å². The first-order chi connectivity index (χ1) is 7.93. The third kappa shape index (κ3) is 4.15. The summed E-state index contributed by atoms with van der Waals surface area (Å²) in [6, 6.07) is 2.56. The minimum absolute atomic E-state index is 0.115. The minimum atomic E-state index is -0.330. The maximum absolute atomic E-state index is 11.9. The van der Waals surface area contributed by atoms with E-state index in [1.54, 1.807) is 0 Å². The molecule has 1 unspecified atom stereocenters. The van der Waals surface area contributed by atoms with E-state index in [2.05, 4.69) is 10.3 Å². The molecule has 1 rings (SSSR count). The summed E-state index contributed by atoms with van der Waals surface area (Å²) in [5, 5.41) is 12.1. The van der Waals surface area contributed by atoms with Gasteiger partial charge in [-0.2, -0.15) is 0 Å². The zero-order valence-electron chi connectivity index (χ0n) is 9.58. The number of hydrogen-bond acceptors (Lipinski definition) is 3. The fourth-order valence-corrected chi connectivity index (χ4v) is 1.73. The van der Waals surface area contributed by atoms with Crippen LogP contribution in [0.1, 0.15) is 24.2 Å². The van der Waals surface area contributed by atoms with Gasteiger partial charge in [0, 0.05) is 5.56 Å². The number of aromatic nitrogens is 1. The Morgan fingerprint density at radius 2 is 1.94 bits per heavy atom. The number of aliphatic hydroxyl groups excluding tert-OH is 1. The van der Waals surface area contributed by atoms with E-state index in [9.17, 15) is 4.79 Å². The van der Waals surface area contributed by atoms with E-state index in [0.717, 1.165) is 0 Å². The Bertz CT molecular complexity index is 390. The third-order valence-corrected chi connectivity index (χ3v) is 2.73. The molecule has 1 aromatic heterocycles. The van der Waals surface area contributed by atoms with Crippen molar-refractivity contribution >= 4 is 29.1 Å². The van der Waals surface area contributed by atoms with Gasteiger partial charge in [-0.05, 0) is 18.1 Å². The van der Waals surface area contributed by atoms with E-state index < -0.39 is 0 Å². The first-order valence-corrected chi connectivity index (χ1v) is 5.94. The number of aliphatic hydroxyl groups is 1. The van der Waals surface area contributed by atoms with Gasteiger partial charge in [-0.1, -0.05) is 37.0 Å². The van der Waals surface area contributed by atoms with Crippen molar-refractivity contribution in [3.05, 3.63) is 28.0 Å². The molecular formula is C11H14Cl2N2O2. The van der Waals surface area contributed by atoms with Crippen molar-refractivity contribution in [3.8, 4) is 0 Å². The molecule has 6 heteroatoms. The third-order valence-electron chi connectivity index (χ3n) is 2.34. The number of carbonyl (C=O) groups excluding carboxylic acids is 1. The summed E-state index contributed by atoms with van der Waals surface area (Å²) in [5.74, 6) is -0.194. The van der Waals surface area contributed by atoms with Crippen LogP contribution in [-0.4, -0.2) is 28.6 Å². The Morgan fingerprint density at radius 1 is 1.41 bits per heavy atom. The van der Waals surface area contributed by atoms with E-state index in [1.165, 1.54) is 12.1 Å². The van der Waals surface area contributed by atoms with Crippen molar-refractivity contribution < 1.29 is 9.90 Å². The standard InChI is InChI=1S/C11H14Cl2N2O2/c1-6(2)8(5-16)14-11(17)7-3-9(12)15-10(13)4-7/h3-4,6,8,16H,5H2,1-2H3,(H,14,17). The number of nitrogens with one attached hydrogen (secondary N) is 1. The van der Waals surface area contributed by atoms with Gasteiger partial charge in [0.05, 0.1) is 12.6 Å². The Morgan fingerprint density at radius 3 is 2.35 bits per heavy atom. The van der Waals surface area contributed by atoms with Crippen molar-refractivity contribution in [1.29, 1.82) is 0 Å². The molecule has 1 aromatic rings. The zero-order valence-corrected chi connectivity index (χ0v) is 11.1. The molecule has 2 N–H and O–H groups in total. The van der Waals surface area contributed by atoms with Crippen LogP contribution < -0.4 is 5.32 Å². The molecule has 0 bridgehead atoms. The lowest BCUT2D eigenvalue weighted by Crippen LogP contribution is -2.41. The summed E-state index contributed by atoms with van der Waals surface area (Å²) in [7, 11) is 0. The summed E-state index contributed by atoms with van der Waals surface area (Å²) >= 11 is 11.4. The molecule has 1 heterocycles. The number of hydrogen-bond donors (Lipinski definition) is 2.